The fourth-order valence-electron chi connectivity index (χ4n) is 1.62. The smallest absolute Gasteiger partial charge is 0.274 e. The molecule has 1 amide bonds. The highest BCUT2D eigenvalue weighted by Crippen LogP contribution is 2.11. The first kappa shape index (κ1) is 12.1. The first-order chi connectivity index (χ1) is 8.69. The molecular formula is C14H15N3O. The Hall–Kier alpha value is -2.36. The van der Waals surface area contributed by atoms with Crippen molar-refractivity contribution in [1.29, 1.82) is 0 Å². The van der Waals surface area contributed by atoms with Crippen LogP contribution in [0.2, 0.25) is 0 Å². The van der Waals surface area contributed by atoms with Crippen molar-refractivity contribution in [2.75, 3.05) is 17.7 Å². The van der Waals surface area contributed by atoms with Crippen molar-refractivity contribution < 1.29 is 4.79 Å². The van der Waals surface area contributed by atoms with Crippen LogP contribution in [0.3, 0.4) is 0 Å². The molecule has 0 aliphatic carbocycles. The molecule has 18 heavy (non-hydrogen) atoms. The molecule has 0 spiro atoms. The number of nitrogens with zero attached hydrogens (tertiary/aromatic N) is 1. The van der Waals surface area contributed by atoms with E-state index in [9.17, 15) is 4.79 Å². The third-order valence-corrected chi connectivity index (χ3v) is 2.51. The average Bonchev–Trinajstić information content (AvgIpc) is 2.39. The molecule has 0 saturated carbocycles. The Labute approximate surface area is 106 Å². The van der Waals surface area contributed by atoms with Crippen LogP contribution in [0.5, 0.6) is 0 Å². The lowest BCUT2D eigenvalue weighted by atomic mass is 10.2. The lowest BCUT2D eigenvalue weighted by Gasteiger charge is -2.06. The number of amides is 1. The van der Waals surface area contributed by atoms with Crippen LogP contribution in [0.15, 0.2) is 42.5 Å². The van der Waals surface area contributed by atoms with Gasteiger partial charge in [-0.25, -0.2) is 4.98 Å². The van der Waals surface area contributed by atoms with Crippen molar-refractivity contribution in [1.82, 2.24) is 4.98 Å². The van der Waals surface area contributed by atoms with Crippen LogP contribution in [0.1, 0.15) is 16.1 Å². The van der Waals surface area contributed by atoms with E-state index in [-0.39, 0.29) is 5.91 Å². The maximum atomic E-state index is 12.0. The number of nitrogens with one attached hydrogen (secondary N) is 2. The van der Waals surface area contributed by atoms with E-state index in [0.29, 0.717) is 11.5 Å². The quantitative estimate of drug-likeness (QED) is 0.868. The summed E-state index contributed by atoms with van der Waals surface area (Å²) in [5, 5.41) is 5.73. The van der Waals surface area contributed by atoms with Crippen molar-refractivity contribution in [3.8, 4) is 0 Å². The molecule has 0 radical (unpaired) electrons. The van der Waals surface area contributed by atoms with Gasteiger partial charge in [-0.1, -0.05) is 18.2 Å². The van der Waals surface area contributed by atoms with E-state index in [2.05, 4.69) is 15.6 Å². The highest BCUT2D eigenvalue weighted by molar-refractivity contribution is 6.03. The van der Waals surface area contributed by atoms with Crippen molar-refractivity contribution in [3.05, 3.63) is 53.7 Å². The largest absolute Gasteiger partial charge is 0.373 e. The lowest BCUT2D eigenvalue weighted by Crippen LogP contribution is -2.14. The van der Waals surface area contributed by atoms with Gasteiger partial charge in [0.05, 0.1) is 0 Å². The number of carbonyl (C=O) groups is 1. The number of aromatic nitrogens is 1. The van der Waals surface area contributed by atoms with E-state index < -0.39 is 0 Å². The van der Waals surface area contributed by atoms with Crippen LogP contribution >= 0.6 is 0 Å². The maximum absolute atomic E-state index is 12.0. The molecule has 2 aromatic rings. The number of carbonyl (C=O) groups excluding carboxylic acids is 1. The zero-order valence-electron chi connectivity index (χ0n) is 10.4. The molecule has 2 rings (SSSR count). The lowest BCUT2D eigenvalue weighted by molar-refractivity contribution is 0.102. The Morgan fingerprint density at radius 3 is 2.67 bits per heavy atom. The molecule has 0 aliphatic heterocycles. The SMILES string of the molecule is CNc1cccc(C(=O)Nc2cccc(C)c2)n1. The monoisotopic (exact) mass is 241 g/mol. The predicted octanol–water partition coefficient (Wildman–Crippen LogP) is 2.68. The normalized spacial score (nSPS) is 9.89. The molecule has 0 atom stereocenters. The van der Waals surface area contributed by atoms with E-state index in [1.807, 2.05) is 37.3 Å². The van der Waals surface area contributed by atoms with Crippen LogP contribution < -0.4 is 10.6 Å². The van der Waals surface area contributed by atoms with Crippen molar-refractivity contribution in [2.24, 2.45) is 0 Å². The van der Waals surface area contributed by atoms with E-state index in [1.54, 1.807) is 19.2 Å². The molecule has 4 nitrogen and oxygen atoms in total. The molecule has 0 saturated heterocycles. The molecule has 4 heteroatoms. The Bertz CT molecular complexity index is 566. The van der Waals surface area contributed by atoms with Crippen LogP contribution in [0, 0.1) is 6.92 Å². The molecule has 1 aromatic carbocycles. The number of hydrogen-bond donors (Lipinski definition) is 2. The topological polar surface area (TPSA) is 54.0 Å². The first-order valence-electron chi connectivity index (χ1n) is 5.72. The van der Waals surface area contributed by atoms with Crippen LogP contribution in [0.25, 0.3) is 0 Å². The fraction of sp³-hybridized carbons (Fsp3) is 0.143. The van der Waals surface area contributed by atoms with E-state index >= 15 is 0 Å². The van der Waals surface area contributed by atoms with E-state index in [1.165, 1.54) is 0 Å². The molecule has 92 valence electrons. The van der Waals surface area contributed by atoms with Crippen molar-refractivity contribution in [3.63, 3.8) is 0 Å². The summed E-state index contributed by atoms with van der Waals surface area (Å²) in [6.45, 7) is 1.98. The first-order valence-corrected chi connectivity index (χ1v) is 5.72. The number of pyridine rings is 1. The Kier molecular flexibility index (Phi) is 3.57. The van der Waals surface area contributed by atoms with Crippen LogP contribution in [-0.2, 0) is 0 Å². The van der Waals surface area contributed by atoms with Gasteiger partial charge in [-0.2, -0.15) is 0 Å². The summed E-state index contributed by atoms with van der Waals surface area (Å²) in [5.74, 6) is 0.463. The summed E-state index contributed by atoms with van der Waals surface area (Å²) in [6, 6.07) is 12.9. The zero-order valence-corrected chi connectivity index (χ0v) is 10.4. The Morgan fingerprint density at radius 2 is 1.94 bits per heavy atom. The predicted molar refractivity (Wildman–Crippen MR) is 72.9 cm³/mol. The van der Waals surface area contributed by atoms with Gasteiger partial charge in [0.15, 0.2) is 0 Å². The molecule has 0 bridgehead atoms. The van der Waals surface area contributed by atoms with Gasteiger partial charge in [0.2, 0.25) is 0 Å². The summed E-state index contributed by atoms with van der Waals surface area (Å²) in [7, 11) is 1.77. The minimum atomic E-state index is -0.210. The summed E-state index contributed by atoms with van der Waals surface area (Å²) in [4.78, 5) is 16.2. The van der Waals surface area contributed by atoms with Gasteiger partial charge in [-0.15, -0.1) is 0 Å². The highest BCUT2D eigenvalue weighted by atomic mass is 16.1. The molecule has 1 aromatic heterocycles. The highest BCUT2D eigenvalue weighted by Gasteiger charge is 2.07. The summed E-state index contributed by atoms with van der Waals surface area (Å²) < 4.78 is 0. The number of rotatable bonds is 3. The fourth-order valence-corrected chi connectivity index (χ4v) is 1.62. The summed E-state index contributed by atoms with van der Waals surface area (Å²) in [6.07, 6.45) is 0. The second kappa shape index (κ2) is 5.31. The summed E-state index contributed by atoms with van der Waals surface area (Å²) >= 11 is 0. The maximum Gasteiger partial charge on any atom is 0.274 e. The average molecular weight is 241 g/mol. The van der Waals surface area contributed by atoms with E-state index in [4.69, 9.17) is 0 Å². The molecule has 2 N–H and O–H groups in total. The molecule has 0 unspecified atom stereocenters. The molecule has 0 fully saturated rings. The summed E-state index contributed by atoms with van der Waals surface area (Å²) in [5.41, 5.74) is 2.27. The molecule has 1 heterocycles. The van der Waals surface area contributed by atoms with Gasteiger partial charge in [-0.3, -0.25) is 4.79 Å². The third kappa shape index (κ3) is 2.85. The second-order valence-electron chi connectivity index (χ2n) is 3.98. The van der Waals surface area contributed by atoms with Gasteiger partial charge < -0.3 is 10.6 Å². The Balaban J connectivity index is 2.16. The Morgan fingerprint density at radius 1 is 1.17 bits per heavy atom. The van der Waals surface area contributed by atoms with Gasteiger partial charge in [-0.05, 0) is 36.8 Å². The molecular weight excluding hydrogens is 226 g/mol. The third-order valence-electron chi connectivity index (χ3n) is 2.51. The number of benzene rings is 1. The van der Waals surface area contributed by atoms with Gasteiger partial charge in [0.1, 0.15) is 11.5 Å². The van der Waals surface area contributed by atoms with Gasteiger partial charge in [0, 0.05) is 12.7 Å². The van der Waals surface area contributed by atoms with Crippen LogP contribution in [-0.4, -0.2) is 17.9 Å². The van der Waals surface area contributed by atoms with Crippen molar-refractivity contribution in [2.45, 2.75) is 6.92 Å². The number of hydrogen-bond acceptors (Lipinski definition) is 3. The zero-order chi connectivity index (χ0) is 13.0. The van der Waals surface area contributed by atoms with Gasteiger partial charge in [0.25, 0.3) is 5.91 Å². The molecule has 0 aliphatic rings. The number of aryl methyl sites for hydroxylation is 1. The van der Waals surface area contributed by atoms with Crippen molar-refractivity contribution >= 4 is 17.4 Å². The number of anilines is 2. The van der Waals surface area contributed by atoms with Crippen LogP contribution in [0.4, 0.5) is 11.5 Å². The minimum absolute atomic E-state index is 0.210. The minimum Gasteiger partial charge on any atom is -0.373 e. The van der Waals surface area contributed by atoms with Gasteiger partial charge >= 0.3 is 0 Å². The second-order valence-corrected chi connectivity index (χ2v) is 3.98. The van der Waals surface area contributed by atoms with E-state index in [0.717, 1.165) is 11.3 Å². The standard InChI is InChI=1S/C14H15N3O/c1-10-5-3-6-11(9-10)16-14(18)12-7-4-8-13(15-2)17-12/h3-9H,1-2H3,(H,15,17)(H,16,18).